The second kappa shape index (κ2) is 4.74. The Morgan fingerprint density at radius 3 is 2.48 bits per heavy atom. The van der Waals surface area contributed by atoms with Crippen LogP contribution in [0.4, 0.5) is 0 Å². The first-order chi connectivity index (χ1) is 11.1. The highest BCUT2D eigenvalue weighted by atomic mass is 16.5. The molecule has 0 saturated heterocycles. The van der Waals surface area contributed by atoms with Gasteiger partial charge >= 0.3 is 0 Å². The number of nitrogens with zero attached hydrogens (tertiary/aromatic N) is 2. The molecule has 3 heterocycles. The lowest BCUT2D eigenvalue weighted by atomic mass is 10.1. The van der Waals surface area contributed by atoms with Gasteiger partial charge in [-0.3, -0.25) is 9.20 Å². The fourth-order valence-electron chi connectivity index (χ4n) is 3.03. The van der Waals surface area contributed by atoms with Gasteiger partial charge in [-0.1, -0.05) is 6.07 Å². The van der Waals surface area contributed by atoms with Gasteiger partial charge in [0.15, 0.2) is 17.1 Å². The van der Waals surface area contributed by atoms with Crippen LogP contribution in [0, 0.1) is 6.92 Å². The van der Waals surface area contributed by atoms with Crippen LogP contribution >= 0.6 is 0 Å². The highest BCUT2D eigenvalue weighted by molar-refractivity contribution is 6.05. The van der Waals surface area contributed by atoms with Crippen molar-refractivity contribution in [2.75, 3.05) is 14.2 Å². The van der Waals surface area contributed by atoms with E-state index >= 15 is 0 Å². The van der Waals surface area contributed by atoms with Gasteiger partial charge in [0.05, 0.1) is 25.1 Å². The molecule has 0 spiro atoms. The fourth-order valence-corrected chi connectivity index (χ4v) is 3.03. The number of rotatable bonds is 2. The fraction of sp³-hybridized carbons (Fsp3) is 0.176. The van der Waals surface area contributed by atoms with E-state index in [2.05, 4.69) is 9.97 Å². The Bertz CT molecular complexity index is 1120. The maximum Gasteiger partial charge on any atom is 0.257 e. The molecule has 6 nitrogen and oxygen atoms in total. The molecule has 1 N–H and O–H groups in total. The summed E-state index contributed by atoms with van der Waals surface area (Å²) in [5.41, 5.74) is 3.04. The summed E-state index contributed by atoms with van der Waals surface area (Å²) in [5, 5.41) is 1.32. The van der Waals surface area contributed by atoms with Crippen LogP contribution in [0.1, 0.15) is 5.69 Å². The Labute approximate surface area is 131 Å². The summed E-state index contributed by atoms with van der Waals surface area (Å²) in [7, 11) is 3.13. The van der Waals surface area contributed by atoms with Crippen LogP contribution < -0.4 is 15.0 Å². The molecule has 4 rings (SSSR count). The van der Waals surface area contributed by atoms with E-state index in [9.17, 15) is 4.79 Å². The molecule has 0 aliphatic heterocycles. The molecule has 116 valence electrons. The topological polar surface area (TPSA) is 68.6 Å². The van der Waals surface area contributed by atoms with Crippen LogP contribution in [-0.4, -0.2) is 28.6 Å². The van der Waals surface area contributed by atoms with E-state index in [1.807, 2.05) is 35.6 Å². The molecule has 1 aromatic carbocycles. The smallest absolute Gasteiger partial charge is 0.257 e. The molecule has 0 bridgehead atoms. The summed E-state index contributed by atoms with van der Waals surface area (Å²) in [4.78, 5) is 19.8. The van der Waals surface area contributed by atoms with E-state index in [1.54, 1.807) is 20.3 Å². The monoisotopic (exact) mass is 309 g/mol. The number of nitrogens with one attached hydrogen (secondary N) is 1. The van der Waals surface area contributed by atoms with Crippen LogP contribution in [0.2, 0.25) is 0 Å². The van der Waals surface area contributed by atoms with Gasteiger partial charge in [0.1, 0.15) is 5.65 Å². The van der Waals surface area contributed by atoms with Crippen molar-refractivity contribution in [3.05, 3.63) is 46.4 Å². The molecule has 0 atom stereocenters. The SMILES string of the molecule is COc1cc2c(=O)[nH]c3nc4cccc(C)n4c3c2cc1OC. The van der Waals surface area contributed by atoms with E-state index in [0.717, 1.165) is 22.2 Å². The van der Waals surface area contributed by atoms with E-state index < -0.39 is 0 Å². The molecule has 23 heavy (non-hydrogen) atoms. The summed E-state index contributed by atoms with van der Waals surface area (Å²) in [6, 6.07) is 9.39. The summed E-state index contributed by atoms with van der Waals surface area (Å²) in [6.45, 7) is 2.01. The quantitative estimate of drug-likeness (QED) is 0.618. The summed E-state index contributed by atoms with van der Waals surface area (Å²) in [6.07, 6.45) is 0. The van der Waals surface area contributed by atoms with E-state index in [-0.39, 0.29) is 5.56 Å². The number of hydrogen-bond acceptors (Lipinski definition) is 4. The minimum Gasteiger partial charge on any atom is -0.493 e. The van der Waals surface area contributed by atoms with E-state index in [4.69, 9.17) is 9.47 Å². The van der Waals surface area contributed by atoms with Gasteiger partial charge in [-0.2, -0.15) is 0 Å². The van der Waals surface area contributed by atoms with Crippen LogP contribution in [0.15, 0.2) is 35.1 Å². The third-order valence-corrected chi connectivity index (χ3v) is 4.09. The summed E-state index contributed by atoms with van der Waals surface area (Å²) >= 11 is 0. The van der Waals surface area contributed by atoms with Crippen molar-refractivity contribution in [1.29, 1.82) is 0 Å². The second-order valence-corrected chi connectivity index (χ2v) is 5.38. The predicted octanol–water partition coefficient (Wildman–Crippen LogP) is 2.65. The van der Waals surface area contributed by atoms with Crippen molar-refractivity contribution >= 4 is 27.6 Å². The Kier molecular flexibility index (Phi) is 2.81. The molecule has 6 heteroatoms. The van der Waals surface area contributed by atoms with Crippen LogP contribution in [0.5, 0.6) is 11.5 Å². The van der Waals surface area contributed by atoms with Crippen molar-refractivity contribution in [2.24, 2.45) is 0 Å². The molecule has 0 saturated carbocycles. The number of fused-ring (bicyclic) bond motifs is 5. The lowest BCUT2D eigenvalue weighted by Gasteiger charge is -2.10. The zero-order valence-electron chi connectivity index (χ0n) is 13.0. The molecule has 0 aliphatic rings. The van der Waals surface area contributed by atoms with Gasteiger partial charge in [0.25, 0.3) is 5.56 Å². The average molecular weight is 309 g/mol. The van der Waals surface area contributed by atoms with Crippen LogP contribution in [0.25, 0.3) is 27.6 Å². The van der Waals surface area contributed by atoms with Gasteiger partial charge in [-0.15, -0.1) is 0 Å². The zero-order chi connectivity index (χ0) is 16.1. The highest BCUT2D eigenvalue weighted by Crippen LogP contribution is 2.34. The molecule has 0 radical (unpaired) electrons. The van der Waals surface area contributed by atoms with Crippen molar-refractivity contribution in [3.8, 4) is 11.5 Å². The van der Waals surface area contributed by atoms with Crippen molar-refractivity contribution in [2.45, 2.75) is 6.92 Å². The Balaban J connectivity index is 2.31. The molecular weight excluding hydrogens is 294 g/mol. The first kappa shape index (κ1) is 13.6. The molecule has 0 fully saturated rings. The molecular formula is C17H15N3O3. The van der Waals surface area contributed by atoms with Crippen LogP contribution in [-0.2, 0) is 0 Å². The number of benzene rings is 1. The lowest BCUT2D eigenvalue weighted by molar-refractivity contribution is 0.356. The number of methoxy groups -OCH3 is 2. The van der Waals surface area contributed by atoms with Gasteiger partial charge < -0.3 is 14.5 Å². The number of H-pyrrole nitrogens is 1. The molecule has 4 aromatic rings. The first-order valence-electron chi connectivity index (χ1n) is 7.20. The molecule has 0 unspecified atom stereocenters. The first-order valence-corrected chi connectivity index (χ1v) is 7.20. The normalized spacial score (nSPS) is 11.4. The number of aromatic nitrogens is 3. The number of pyridine rings is 2. The van der Waals surface area contributed by atoms with Crippen molar-refractivity contribution in [3.63, 3.8) is 0 Å². The minimum absolute atomic E-state index is 0.200. The maximum absolute atomic E-state index is 12.4. The Morgan fingerprint density at radius 1 is 1.09 bits per heavy atom. The van der Waals surface area contributed by atoms with Crippen molar-refractivity contribution < 1.29 is 9.47 Å². The zero-order valence-corrected chi connectivity index (χ0v) is 13.0. The molecule has 0 aliphatic carbocycles. The lowest BCUT2D eigenvalue weighted by Crippen LogP contribution is -2.07. The third-order valence-electron chi connectivity index (χ3n) is 4.09. The standard InChI is InChI=1S/C17H15N3O3/c1-9-5-4-6-14-18-16-15(20(9)14)10-7-12(22-2)13(23-3)8-11(10)17(21)19-16/h4-8H,1-3H3,(H,19,21). The predicted molar refractivity (Wildman–Crippen MR) is 88.7 cm³/mol. The third kappa shape index (κ3) is 1.81. The Morgan fingerprint density at radius 2 is 1.78 bits per heavy atom. The van der Waals surface area contributed by atoms with Crippen molar-refractivity contribution in [1.82, 2.24) is 14.4 Å². The van der Waals surface area contributed by atoms with Gasteiger partial charge in [-0.25, -0.2) is 4.98 Å². The summed E-state index contributed by atoms with van der Waals surface area (Å²) < 4.78 is 12.7. The number of imidazole rings is 1. The average Bonchev–Trinajstić information content (AvgIpc) is 2.93. The van der Waals surface area contributed by atoms with Gasteiger partial charge in [-0.05, 0) is 31.2 Å². The van der Waals surface area contributed by atoms with Crippen LogP contribution in [0.3, 0.4) is 0 Å². The second-order valence-electron chi connectivity index (χ2n) is 5.38. The summed E-state index contributed by atoms with van der Waals surface area (Å²) in [5.74, 6) is 1.10. The number of ether oxygens (including phenoxy) is 2. The van der Waals surface area contributed by atoms with E-state index in [1.165, 1.54) is 0 Å². The van der Waals surface area contributed by atoms with Gasteiger partial charge in [0, 0.05) is 11.1 Å². The van der Waals surface area contributed by atoms with Gasteiger partial charge in [0.2, 0.25) is 0 Å². The maximum atomic E-state index is 12.4. The number of aromatic amines is 1. The minimum atomic E-state index is -0.200. The molecule has 0 amide bonds. The largest absolute Gasteiger partial charge is 0.493 e. The van der Waals surface area contributed by atoms with E-state index in [0.29, 0.717) is 22.5 Å². The number of aryl methyl sites for hydroxylation is 1. The Hall–Kier alpha value is -3.02. The highest BCUT2D eigenvalue weighted by Gasteiger charge is 2.16. The molecule has 3 aromatic heterocycles. The number of hydrogen-bond donors (Lipinski definition) is 1.